The van der Waals surface area contributed by atoms with Gasteiger partial charge < -0.3 is 0 Å². The monoisotopic (exact) mass is 416 g/mol. The first-order valence-corrected chi connectivity index (χ1v) is 11.5. The third-order valence-electron chi connectivity index (χ3n) is 8.83. The highest BCUT2D eigenvalue weighted by atomic mass is 16.2. The number of benzene rings is 2. The van der Waals surface area contributed by atoms with Crippen LogP contribution in [0.15, 0.2) is 60.7 Å². The summed E-state index contributed by atoms with van der Waals surface area (Å²) in [6, 6.07) is 19.8. The number of carbonyl (C=O) groups excluding carboxylic acids is 2. The SMILES string of the molecule is C[C@H](Cc1ccccc1)C(=O)N1C(=O)N(c2ccccc2)[C@@H]2[C@H]3CC[C@@](C)([C@@H]21)C3(C)C. The highest BCUT2D eigenvalue weighted by Gasteiger charge is 2.73. The minimum atomic E-state index is -0.242. The van der Waals surface area contributed by atoms with E-state index in [1.54, 1.807) is 4.90 Å². The molecule has 1 heterocycles. The molecule has 3 fully saturated rings. The van der Waals surface area contributed by atoms with Gasteiger partial charge in [-0.1, -0.05) is 76.2 Å². The van der Waals surface area contributed by atoms with Crippen molar-refractivity contribution in [2.45, 2.75) is 59.0 Å². The van der Waals surface area contributed by atoms with Crippen LogP contribution in [0.2, 0.25) is 0 Å². The van der Waals surface area contributed by atoms with Crippen LogP contribution in [-0.4, -0.2) is 28.9 Å². The predicted molar refractivity (Wildman–Crippen MR) is 123 cm³/mol. The van der Waals surface area contributed by atoms with E-state index < -0.39 is 0 Å². The number of imide groups is 1. The van der Waals surface area contributed by atoms with Crippen LogP contribution in [0, 0.1) is 22.7 Å². The second-order valence-electron chi connectivity index (χ2n) is 10.5. The molecule has 2 aromatic rings. The molecule has 0 aromatic heterocycles. The lowest BCUT2D eigenvalue weighted by Gasteiger charge is -2.41. The van der Waals surface area contributed by atoms with Crippen LogP contribution in [0.4, 0.5) is 10.5 Å². The summed E-state index contributed by atoms with van der Waals surface area (Å²) in [6.07, 6.45) is 2.83. The van der Waals surface area contributed by atoms with E-state index in [0.717, 1.165) is 24.1 Å². The Labute approximate surface area is 185 Å². The minimum absolute atomic E-state index is 0.0353. The minimum Gasteiger partial charge on any atom is -0.288 e. The van der Waals surface area contributed by atoms with Crippen molar-refractivity contribution in [2.24, 2.45) is 22.7 Å². The maximum Gasteiger partial charge on any atom is 0.331 e. The van der Waals surface area contributed by atoms with Crippen molar-refractivity contribution in [2.75, 3.05) is 4.90 Å². The molecular formula is C27H32N2O2. The van der Waals surface area contributed by atoms with Gasteiger partial charge in [-0.15, -0.1) is 0 Å². The summed E-state index contributed by atoms with van der Waals surface area (Å²) in [7, 11) is 0. The zero-order valence-corrected chi connectivity index (χ0v) is 18.9. The smallest absolute Gasteiger partial charge is 0.288 e. The summed E-state index contributed by atoms with van der Waals surface area (Å²) in [6.45, 7) is 8.95. The predicted octanol–water partition coefficient (Wildman–Crippen LogP) is 5.53. The number of carbonyl (C=O) groups is 2. The number of nitrogens with zero attached hydrogens (tertiary/aromatic N) is 2. The molecule has 4 heteroatoms. The van der Waals surface area contributed by atoms with Gasteiger partial charge in [-0.25, -0.2) is 4.79 Å². The Bertz CT molecular complexity index is 1000. The lowest BCUT2D eigenvalue weighted by Crippen LogP contribution is -2.51. The van der Waals surface area contributed by atoms with Crippen molar-refractivity contribution in [1.82, 2.24) is 4.90 Å². The van der Waals surface area contributed by atoms with Gasteiger partial charge >= 0.3 is 6.03 Å². The van der Waals surface area contributed by atoms with Crippen LogP contribution in [0.25, 0.3) is 0 Å². The highest BCUT2D eigenvalue weighted by Crippen LogP contribution is 2.69. The summed E-state index contributed by atoms with van der Waals surface area (Å²) in [5.41, 5.74) is 2.05. The topological polar surface area (TPSA) is 40.6 Å². The van der Waals surface area contributed by atoms with Crippen LogP contribution in [0.1, 0.15) is 46.1 Å². The van der Waals surface area contributed by atoms with E-state index in [2.05, 4.69) is 32.9 Å². The summed E-state index contributed by atoms with van der Waals surface area (Å²) < 4.78 is 0. The fourth-order valence-electron chi connectivity index (χ4n) is 6.80. The maximum atomic E-state index is 13.8. The van der Waals surface area contributed by atoms with Crippen molar-refractivity contribution in [3.05, 3.63) is 66.2 Å². The standard InChI is InChI=1S/C27H32N2O2/c1-18(17-19-11-7-5-8-12-19)24(30)29-23-22(21-15-16-27(23,4)26(21,2)3)28(25(29)31)20-13-9-6-10-14-20/h5-14,18,21-23H,15-17H2,1-4H3/t18-,21-,22-,23-,27+/m1/s1. The first-order chi connectivity index (χ1) is 14.8. The molecular weight excluding hydrogens is 384 g/mol. The Morgan fingerprint density at radius 3 is 2.29 bits per heavy atom. The number of para-hydroxylation sites is 1. The third-order valence-corrected chi connectivity index (χ3v) is 8.83. The van der Waals surface area contributed by atoms with Gasteiger partial charge in [-0.05, 0) is 53.7 Å². The highest BCUT2D eigenvalue weighted by molar-refractivity contribution is 6.07. The van der Waals surface area contributed by atoms with Gasteiger partial charge in [0.05, 0.1) is 12.1 Å². The van der Waals surface area contributed by atoms with Crippen LogP contribution < -0.4 is 4.90 Å². The number of anilines is 1. The Morgan fingerprint density at radius 2 is 1.65 bits per heavy atom. The number of rotatable bonds is 4. The normalized spacial score (nSPS) is 31.7. The Hall–Kier alpha value is -2.62. The Balaban J connectivity index is 1.54. The molecule has 31 heavy (non-hydrogen) atoms. The number of fused-ring (bicyclic) bond motifs is 5. The summed E-state index contributed by atoms with van der Waals surface area (Å²) in [4.78, 5) is 31.2. The molecule has 4 nitrogen and oxygen atoms in total. The van der Waals surface area contributed by atoms with E-state index in [4.69, 9.17) is 0 Å². The van der Waals surface area contributed by atoms with E-state index >= 15 is 0 Å². The Kier molecular flexibility index (Phi) is 4.55. The quantitative estimate of drug-likeness (QED) is 0.658. The van der Waals surface area contributed by atoms with Crippen molar-refractivity contribution >= 4 is 17.6 Å². The molecule has 0 radical (unpaired) electrons. The molecule has 0 spiro atoms. The van der Waals surface area contributed by atoms with Crippen molar-refractivity contribution < 1.29 is 9.59 Å². The second kappa shape index (κ2) is 6.94. The molecule has 162 valence electrons. The van der Waals surface area contributed by atoms with Crippen LogP contribution >= 0.6 is 0 Å². The molecule has 0 N–H and O–H groups in total. The van der Waals surface area contributed by atoms with E-state index in [0.29, 0.717) is 12.3 Å². The van der Waals surface area contributed by atoms with Crippen molar-refractivity contribution in [3.63, 3.8) is 0 Å². The first kappa shape index (κ1) is 20.3. The molecule has 2 bridgehead atoms. The fraction of sp³-hybridized carbons (Fsp3) is 0.481. The molecule has 3 amide bonds. The van der Waals surface area contributed by atoms with E-state index in [1.807, 2.05) is 60.4 Å². The van der Waals surface area contributed by atoms with Gasteiger partial charge in [0.25, 0.3) is 0 Å². The molecule has 5 rings (SSSR count). The molecule has 5 atom stereocenters. The van der Waals surface area contributed by atoms with Crippen LogP contribution in [-0.2, 0) is 11.2 Å². The maximum absolute atomic E-state index is 13.8. The molecule has 1 aliphatic heterocycles. The summed E-state index contributed by atoms with van der Waals surface area (Å²) >= 11 is 0. The number of amides is 3. The zero-order valence-electron chi connectivity index (χ0n) is 18.9. The number of urea groups is 1. The number of hydrogen-bond donors (Lipinski definition) is 0. The zero-order chi connectivity index (χ0) is 22.0. The fourth-order valence-corrected chi connectivity index (χ4v) is 6.80. The summed E-state index contributed by atoms with van der Waals surface area (Å²) in [5.74, 6) is 0.120. The van der Waals surface area contributed by atoms with Gasteiger partial charge in [0.1, 0.15) is 0 Å². The second-order valence-corrected chi connectivity index (χ2v) is 10.5. The molecule has 0 unspecified atom stereocenters. The van der Waals surface area contributed by atoms with Crippen LogP contribution in [0.5, 0.6) is 0 Å². The Morgan fingerprint density at radius 1 is 1.03 bits per heavy atom. The lowest BCUT2D eigenvalue weighted by molar-refractivity contribution is -0.135. The first-order valence-electron chi connectivity index (χ1n) is 11.5. The van der Waals surface area contributed by atoms with Gasteiger partial charge in [-0.2, -0.15) is 0 Å². The largest absolute Gasteiger partial charge is 0.331 e. The number of hydrogen-bond acceptors (Lipinski definition) is 2. The van der Waals surface area contributed by atoms with Gasteiger partial charge in [0, 0.05) is 11.6 Å². The van der Waals surface area contributed by atoms with E-state index in [9.17, 15) is 9.59 Å². The average molecular weight is 417 g/mol. The van der Waals surface area contributed by atoms with Gasteiger partial charge in [0.2, 0.25) is 5.91 Å². The van der Waals surface area contributed by atoms with Gasteiger partial charge in [0.15, 0.2) is 0 Å². The average Bonchev–Trinajstić information content (AvgIpc) is 3.25. The molecule has 2 saturated carbocycles. The summed E-state index contributed by atoms with van der Waals surface area (Å²) in [5, 5.41) is 0. The molecule has 1 saturated heterocycles. The van der Waals surface area contributed by atoms with Crippen molar-refractivity contribution in [1.29, 1.82) is 0 Å². The van der Waals surface area contributed by atoms with Gasteiger partial charge in [-0.3, -0.25) is 14.6 Å². The van der Waals surface area contributed by atoms with Crippen LogP contribution in [0.3, 0.4) is 0 Å². The lowest BCUT2D eigenvalue weighted by atomic mass is 9.68. The third kappa shape index (κ3) is 2.73. The van der Waals surface area contributed by atoms with E-state index in [-0.39, 0.29) is 40.8 Å². The van der Waals surface area contributed by atoms with E-state index in [1.165, 1.54) is 0 Å². The molecule has 2 aromatic carbocycles. The molecule has 2 aliphatic carbocycles. The molecule has 3 aliphatic rings. The van der Waals surface area contributed by atoms with Crippen molar-refractivity contribution in [3.8, 4) is 0 Å².